The van der Waals surface area contributed by atoms with Gasteiger partial charge in [0.25, 0.3) is 0 Å². The minimum atomic E-state index is 0.0501. The molecule has 0 radical (unpaired) electrons. The number of nitrogens with two attached hydrogens (primary N) is 1. The molecule has 0 aromatic heterocycles. The molecule has 1 aliphatic heterocycles. The molecule has 1 aromatic rings. The van der Waals surface area contributed by atoms with Crippen LogP contribution in [0.4, 0.5) is 0 Å². The summed E-state index contributed by atoms with van der Waals surface area (Å²) < 4.78 is 5.95. The van der Waals surface area contributed by atoms with Gasteiger partial charge in [0.2, 0.25) is 0 Å². The van der Waals surface area contributed by atoms with Crippen LogP contribution in [-0.4, -0.2) is 17.6 Å². The molecule has 0 amide bonds. The molecular weight excluding hydrogens is 254 g/mol. The summed E-state index contributed by atoms with van der Waals surface area (Å²) >= 11 is 7.91. The van der Waals surface area contributed by atoms with Gasteiger partial charge in [-0.3, -0.25) is 0 Å². The highest BCUT2D eigenvalue weighted by Gasteiger charge is 2.25. The van der Waals surface area contributed by atoms with Crippen molar-refractivity contribution in [2.24, 2.45) is 5.73 Å². The summed E-state index contributed by atoms with van der Waals surface area (Å²) in [7, 11) is 0. The Bertz CT molecular complexity index is 386. The molecule has 0 spiro atoms. The van der Waals surface area contributed by atoms with Gasteiger partial charge in [-0.1, -0.05) is 18.5 Å². The van der Waals surface area contributed by atoms with Gasteiger partial charge >= 0.3 is 0 Å². The molecule has 1 aromatic carbocycles. The van der Waals surface area contributed by atoms with E-state index in [-0.39, 0.29) is 12.1 Å². The SMILES string of the molecule is CCSCCC1C[C@H](N)c2cc(Cl)ccc2O1. The first kappa shape index (κ1) is 13.1. The third-order valence-corrected chi connectivity index (χ3v) is 4.14. The van der Waals surface area contributed by atoms with E-state index in [0.717, 1.165) is 40.7 Å². The van der Waals surface area contributed by atoms with Crippen LogP contribution in [0.15, 0.2) is 18.2 Å². The van der Waals surface area contributed by atoms with Crippen molar-refractivity contribution >= 4 is 23.4 Å². The lowest BCUT2D eigenvalue weighted by Crippen LogP contribution is -2.30. The third-order valence-electron chi connectivity index (χ3n) is 2.97. The summed E-state index contributed by atoms with van der Waals surface area (Å²) in [6.45, 7) is 2.18. The molecule has 1 heterocycles. The Morgan fingerprint density at radius 2 is 2.35 bits per heavy atom. The number of hydrogen-bond acceptors (Lipinski definition) is 3. The van der Waals surface area contributed by atoms with Crippen LogP contribution >= 0.6 is 23.4 Å². The van der Waals surface area contributed by atoms with Gasteiger partial charge in [0.05, 0.1) is 0 Å². The largest absolute Gasteiger partial charge is 0.490 e. The Balaban J connectivity index is 2.03. The van der Waals surface area contributed by atoms with E-state index in [0.29, 0.717) is 0 Å². The van der Waals surface area contributed by atoms with Crippen molar-refractivity contribution in [3.63, 3.8) is 0 Å². The second-order valence-corrected chi connectivity index (χ2v) is 6.08. The summed E-state index contributed by atoms with van der Waals surface area (Å²) in [5.41, 5.74) is 7.20. The number of hydrogen-bond donors (Lipinski definition) is 1. The highest BCUT2D eigenvalue weighted by molar-refractivity contribution is 7.99. The Kier molecular flexibility index (Phi) is 4.60. The Morgan fingerprint density at radius 3 is 3.12 bits per heavy atom. The van der Waals surface area contributed by atoms with Crippen LogP contribution in [0.3, 0.4) is 0 Å². The van der Waals surface area contributed by atoms with E-state index in [1.807, 2.05) is 30.0 Å². The van der Waals surface area contributed by atoms with Crippen LogP contribution < -0.4 is 10.5 Å². The molecule has 2 nitrogen and oxygen atoms in total. The van der Waals surface area contributed by atoms with Gasteiger partial charge in [0.1, 0.15) is 11.9 Å². The van der Waals surface area contributed by atoms with Gasteiger partial charge in [-0.05, 0) is 36.1 Å². The molecule has 1 unspecified atom stereocenters. The monoisotopic (exact) mass is 271 g/mol. The third kappa shape index (κ3) is 3.30. The fraction of sp³-hybridized carbons (Fsp3) is 0.538. The highest BCUT2D eigenvalue weighted by atomic mass is 35.5. The van der Waals surface area contributed by atoms with Crippen molar-refractivity contribution in [3.05, 3.63) is 28.8 Å². The van der Waals surface area contributed by atoms with Crippen LogP contribution in [0.1, 0.15) is 31.4 Å². The maximum Gasteiger partial charge on any atom is 0.124 e. The minimum absolute atomic E-state index is 0.0501. The lowest BCUT2D eigenvalue weighted by molar-refractivity contribution is 0.156. The van der Waals surface area contributed by atoms with Crippen molar-refractivity contribution in [2.75, 3.05) is 11.5 Å². The molecule has 17 heavy (non-hydrogen) atoms. The van der Waals surface area contributed by atoms with E-state index in [1.54, 1.807) is 0 Å². The van der Waals surface area contributed by atoms with Crippen molar-refractivity contribution in [3.8, 4) is 5.75 Å². The predicted molar refractivity (Wildman–Crippen MR) is 75.0 cm³/mol. The second-order valence-electron chi connectivity index (χ2n) is 4.25. The first-order valence-electron chi connectivity index (χ1n) is 6.00. The number of fused-ring (bicyclic) bond motifs is 1. The Labute approximate surface area is 112 Å². The molecule has 0 saturated carbocycles. The number of ether oxygens (including phenoxy) is 1. The van der Waals surface area contributed by atoms with E-state index >= 15 is 0 Å². The summed E-state index contributed by atoms with van der Waals surface area (Å²) in [6.07, 6.45) is 2.20. The summed E-state index contributed by atoms with van der Waals surface area (Å²) in [5.74, 6) is 3.20. The second kappa shape index (κ2) is 5.98. The Morgan fingerprint density at radius 1 is 1.53 bits per heavy atom. The van der Waals surface area contributed by atoms with E-state index in [9.17, 15) is 0 Å². The normalized spacial score (nSPS) is 23.0. The van der Waals surface area contributed by atoms with E-state index < -0.39 is 0 Å². The quantitative estimate of drug-likeness (QED) is 0.850. The molecule has 1 aliphatic rings. The van der Waals surface area contributed by atoms with Crippen LogP contribution in [0.25, 0.3) is 0 Å². The lowest BCUT2D eigenvalue weighted by atomic mass is 9.96. The predicted octanol–water partition coefficient (Wildman–Crippen LogP) is 3.63. The smallest absolute Gasteiger partial charge is 0.124 e. The van der Waals surface area contributed by atoms with E-state index in [4.69, 9.17) is 22.1 Å². The van der Waals surface area contributed by atoms with Gasteiger partial charge < -0.3 is 10.5 Å². The van der Waals surface area contributed by atoms with Gasteiger partial charge in [-0.2, -0.15) is 11.8 Å². The minimum Gasteiger partial charge on any atom is -0.490 e. The molecule has 0 aliphatic carbocycles. The molecule has 0 saturated heterocycles. The topological polar surface area (TPSA) is 35.2 Å². The van der Waals surface area contributed by atoms with Crippen LogP contribution in [0.2, 0.25) is 5.02 Å². The van der Waals surface area contributed by atoms with E-state index in [2.05, 4.69) is 6.92 Å². The van der Waals surface area contributed by atoms with Crippen molar-refractivity contribution in [1.29, 1.82) is 0 Å². The van der Waals surface area contributed by atoms with Crippen LogP contribution in [0.5, 0.6) is 5.75 Å². The van der Waals surface area contributed by atoms with Crippen molar-refractivity contribution in [1.82, 2.24) is 0 Å². The summed E-state index contributed by atoms with van der Waals surface area (Å²) in [4.78, 5) is 0. The maximum atomic E-state index is 6.16. The van der Waals surface area contributed by atoms with Crippen molar-refractivity contribution < 1.29 is 4.74 Å². The molecule has 2 atom stereocenters. The molecule has 0 fully saturated rings. The van der Waals surface area contributed by atoms with Gasteiger partial charge in [0, 0.05) is 23.0 Å². The lowest BCUT2D eigenvalue weighted by Gasteiger charge is -2.30. The maximum absolute atomic E-state index is 6.16. The summed E-state index contributed by atoms with van der Waals surface area (Å²) in [6, 6.07) is 5.75. The van der Waals surface area contributed by atoms with Crippen LogP contribution in [0, 0.1) is 0 Å². The summed E-state index contributed by atoms with van der Waals surface area (Å²) in [5, 5.41) is 0.725. The first-order chi connectivity index (χ1) is 8.20. The van der Waals surface area contributed by atoms with Gasteiger partial charge in [0.15, 0.2) is 0 Å². The van der Waals surface area contributed by atoms with Gasteiger partial charge in [-0.25, -0.2) is 0 Å². The standard InChI is InChI=1S/C13H18ClNOS/c1-2-17-6-5-10-8-12(15)11-7-9(14)3-4-13(11)16-10/h3-4,7,10,12H,2,5-6,8,15H2,1H3/t10?,12-/m0/s1. The zero-order chi connectivity index (χ0) is 12.3. The van der Waals surface area contributed by atoms with Crippen molar-refractivity contribution in [2.45, 2.75) is 31.9 Å². The molecule has 94 valence electrons. The molecule has 2 N–H and O–H groups in total. The number of thioether (sulfide) groups is 1. The number of benzene rings is 1. The van der Waals surface area contributed by atoms with Crippen LogP contribution in [-0.2, 0) is 0 Å². The molecule has 2 rings (SSSR count). The fourth-order valence-corrected chi connectivity index (χ4v) is 2.99. The average molecular weight is 272 g/mol. The zero-order valence-electron chi connectivity index (χ0n) is 9.99. The molecular formula is C13H18ClNOS. The zero-order valence-corrected chi connectivity index (χ0v) is 11.6. The average Bonchev–Trinajstić information content (AvgIpc) is 2.31. The van der Waals surface area contributed by atoms with Gasteiger partial charge in [-0.15, -0.1) is 0 Å². The highest BCUT2D eigenvalue weighted by Crippen LogP contribution is 2.36. The number of halogens is 1. The van der Waals surface area contributed by atoms with E-state index in [1.165, 1.54) is 0 Å². The molecule has 4 heteroatoms. The Hall–Kier alpha value is -0.380. The fourth-order valence-electron chi connectivity index (χ4n) is 2.09. The first-order valence-corrected chi connectivity index (χ1v) is 7.53. The number of rotatable bonds is 4. The molecule has 0 bridgehead atoms.